The zero-order valence-electron chi connectivity index (χ0n) is 17.8. The van der Waals surface area contributed by atoms with Gasteiger partial charge in [-0.3, -0.25) is 9.36 Å². The highest BCUT2D eigenvalue weighted by Crippen LogP contribution is 2.29. The van der Waals surface area contributed by atoms with E-state index in [1.165, 1.54) is 38.1 Å². The molecular formula is C23H23FN2O5S. The van der Waals surface area contributed by atoms with Gasteiger partial charge in [-0.05, 0) is 49.2 Å². The van der Waals surface area contributed by atoms with Gasteiger partial charge >= 0.3 is 5.97 Å². The monoisotopic (exact) mass is 458 g/mol. The molecule has 1 fully saturated rings. The number of halogens is 1. The smallest absolute Gasteiger partial charge is 0.337 e. The number of fused-ring (bicyclic) bond motifs is 1. The third-order valence-electron chi connectivity index (χ3n) is 5.35. The van der Waals surface area contributed by atoms with Crippen LogP contribution < -0.4 is 10.3 Å². The van der Waals surface area contributed by atoms with Crippen molar-refractivity contribution in [3.63, 3.8) is 0 Å². The fraction of sp³-hybridized carbons (Fsp3) is 0.348. The Bertz CT molecular complexity index is 1210. The molecule has 1 aliphatic heterocycles. The summed E-state index contributed by atoms with van der Waals surface area (Å²) in [5.41, 5.74) is 1.15. The number of carbonyl (C=O) groups excluding carboxylic acids is 1. The van der Waals surface area contributed by atoms with Gasteiger partial charge in [-0.25, -0.2) is 14.2 Å². The van der Waals surface area contributed by atoms with Crippen LogP contribution in [0, 0.1) is 5.82 Å². The van der Waals surface area contributed by atoms with Gasteiger partial charge < -0.3 is 14.2 Å². The fourth-order valence-electron chi connectivity index (χ4n) is 3.71. The Morgan fingerprint density at radius 2 is 2.12 bits per heavy atom. The molecule has 0 bridgehead atoms. The van der Waals surface area contributed by atoms with Crippen molar-refractivity contribution in [3.8, 4) is 5.75 Å². The van der Waals surface area contributed by atoms with Crippen molar-refractivity contribution in [1.29, 1.82) is 0 Å². The van der Waals surface area contributed by atoms with Crippen molar-refractivity contribution < 1.29 is 23.4 Å². The normalized spacial score (nSPS) is 15.8. The van der Waals surface area contributed by atoms with Gasteiger partial charge in [0.25, 0.3) is 5.56 Å². The maximum Gasteiger partial charge on any atom is 0.337 e. The van der Waals surface area contributed by atoms with E-state index in [9.17, 15) is 14.0 Å². The van der Waals surface area contributed by atoms with Crippen molar-refractivity contribution in [3.05, 3.63) is 63.7 Å². The number of esters is 1. The minimum absolute atomic E-state index is 0.0654. The molecule has 0 radical (unpaired) electrons. The number of methoxy groups -OCH3 is 2. The molecule has 9 heteroatoms. The van der Waals surface area contributed by atoms with Crippen LogP contribution in [0.15, 0.2) is 46.3 Å². The number of rotatable bonds is 7. The van der Waals surface area contributed by atoms with Crippen molar-refractivity contribution in [2.45, 2.75) is 36.4 Å². The molecule has 1 aliphatic rings. The average molecular weight is 459 g/mol. The summed E-state index contributed by atoms with van der Waals surface area (Å²) in [4.78, 5) is 29.9. The van der Waals surface area contributed by atoms with Crippen LogP contribution in [-0.2, 0) is 21.8 Å². The Morgan fingerprint density at radius 1 is 1.28 bits per heavy atom. The summed E-state index contributed by atoms with van der Waals surface area (Å²) in [5.74, 6) is 0.0325. The lowest BCUT2D eigenvalue weighted by molar-refractivity contribution is 0.0601. The van der Waals surface area contributed by atoms with E-state index in [4.69, 9.17) is 14.2 Å². The third kappa shape index (κ3) is 4.63. The zero-order valence-corrected chi connectivity index (χ0v) is 18.6. The predicted molar refractivity (Wildman–Crippen MR) is 119 cm³/mol. The molecule has 0 aliphatic carbocycles. The van der Waals surface area contributed by atoms with Crippen LogP contribution in [0.3, 0.4) is 0 Å². The molecule has 4 rings (SSSR count). The Morgan fingerprint density at radius 3 is 2.84 bits per heavy atom. The van der Waals surface area contributed by atoms with Crippen LogP contribution in [0.1, 0.15) is 28.8 Å². The number of nitrogens with zero attached hydrogens (tertiary/aromatic N) is 2. The zero-order chi connectivity index (χ0) is 22.7. The highest BCUT2D eigenvalue weighted by molar-refractivity contribution is 7.98. The highest BCUT2D eigenvalue weighted by Gasteiger charge is 2.21. The lowest BCUT2D eigenvalue weighted by atomic mass is 10.1. The lowest BCUT2D eigenvalue weighted by Crippen LogP contribution is -2.29. The van der Waals surface area contributed by atoms with Crippen molar-refractivity contribution in [1.82, 2.24) is 9.55 Å². The Balaban J connectivity index is 1.75. The van der Waals surface area contributed by atoms with E-state index in [0.29, 0.717) is 51.8 Å². The molecule has 2 heterocycles. The second-order valence-electron chi connectivity index (χ2n) is 7.41. The molecule has 7 nitrogen and oxygen atoms in total. The van der Waals surface area contributed by atoms with Crippen LogP contribution in [-0.4, -0.2) is 42.5 Å². The van der Waals surface area contributed by atoms with Crippen LogP contribution >= 0.6 is 11.8 Å². The summed E-state index contributed by atoms with van der Waals surface area (Å²) in [7, 11) is 2.82. The molecule has 3 aromatic rings. The summed E-state index contributed by atoms with van der Waals surface area (Å²) >= 11 is 1.30. The molecule has 0 N–H and O–H groups in total. The number of thioether (sulfide) groups is 1. The Hall–Kier alpha value is -2.91. The van der Waals surface area contributed by atoms with E-state index in [1.807, 2.05) is 0 Å². The Kier molecular flexibility index (Phi) is 6.76. The number of carbonyl (C=O) groups is 1. The molecule has 0 amide bonds. The van der Waals surface area contributed by atoms with Crippen LogP contribution in [0.5, 0.6) is 5.75 Å². The molecule has 168 valence electrons. The van der Waals surface area contributed by atoms with E-state index in [0.717, 1.165) is 12.8 Å². The minimum Gasteiger partial charge on any atom is -0.496 e. The number of hydrogen-bond donors (Lipinski definition) is 0. The molecule has 1 atom stereocenters. The summed E-state index contributed by atoms with van der Waals surface area (Å²) in [6.07, 6.45) is 1.75. The summed E-state index contributed by atoms with van der Waals surface area (Å²) < 4.78 is 31.2. The van der Waals surface area contributed by atoms with Gasteiger partial charge in [0.05, 0.1) is 43.3 Å². The van der Waals surface area contributed by atoms with Crippen LogP contribution in [0.2, 0.25) is 0 Å². The molecule has 1 saturated heterocycles. The van der Waals surface area contributed by atoms with Crippen LogP contribution in [0.4, 0.5) is 4.39 Å². The lowest BCUT2D eigenvalue weighted by Gasteiger charge is -2.17. The maximum absolute atomic E-state index is 13.8. The second kappa shape index (κ2) is 9.70. The predicted octanol–water partition coefficient (Wildman–Crippen LogP) is 3.80. The molecule has 1 unspecified atom stereocenters. The van der Waals surface area contributed by atoms with Gasteiger partial charge in [0.2, 0.25) is 0 Å². The maximum atomic E-state index is 13.8. The first-order valence-corrected chi connectivity index (χ1v) is 11.2. The van der Waals surface area contributed by atoms with Gasteiger partial charge in [0, 0.05) is 17.9 Å². The molecule has 1 aromatic heterocycles. The largest absolute Gasteiger partial charge is 0.496 e. The number of hydrogen-bond acceptors (Lipinski definition) is 7. The second-order valence-corrected chi connectivity index (χ2v) is 8.36. The third-order valence-corrected chi connectivity index (χ3v) is 6.38. The number of aromatic nitrogens is 2. The fourth-order valence-corrected chi connectivity index (χ4v) is 4.70. The van der Waals surface area contributed by atoms with E-state index in [-0.39, 0.29) is 17.5 Å². The number of benzene rings is 2. The van der Waals surface area contributed by atoms with Gasteiger partial charge in [0.15, 0.2) is 5.16 Å². The summed E-state index contributed by atoms with van der Waals surface area (Å²) in [6, 6.07) is 9.01. The van der Waals surface area contributed by atoms with E-state index < -0.39 is 5.97 Å². The van der Waals surface area contributed by atoms with Gasteiger partial charge in [-0.15, -0.1) is 0 Å². The highest BCUT2D eigenvalue weighted by atomic mass is 32.2. The number of ether oxygens (including phenoxy) is 3. The molecule has 32 heavy (non-hydrogen) atoms. The molecular weight excluding hydrogens is 435 g/mol. The molecule has 2 aromatic carbocycles. The molecule has 0 saturated carbocycles. The average Bonchev–Trinajstić information content (AvgIpc) is 3.32. The quantitative estimate of drug-likeness (QED) is 0.303. The van der Waals surface area contributed by atoms with Gasteiger partial charge in [0.1, 0.15) is 11.6 Å². The van der Waals surface area contributed by atoms with Gasteiger partial charge in [-0.1, -0.05) is 11.8 Å². The van der Waals surface area contributed by atoms with Crippen LogP contribution in [0.25, 0.3) is 10.9 Å². The SMILES string of the molecule is COC(=O)c1ccc2c(=O)n(CC3CCCO3)c(SCc3cc(F)ccc3OC)nc2c1. The minimum atomic E-state index is -0.504. The topological polar surface area (TPSA) is 79.7 Å². The van der Waals surface area contributed by atoms with E-state index >= 15 is 0 Å². The first kappa shape index (κ1) is 22.3. The van der Waals surface area contributed by atoms with Crippen molar-refractivity contribution in [2.75, 3.05) is 20.8 Å². The van der Waals surface area contributed by atoms with Gasteiger partial charge in [-0.2, -0.15) is 0 Å². The van der Waals surface area contributed by atoms with E-state index in [1.54, 1.807) is 28.8 Å². The van der Waals surface area contributed by atoms with E-state index in [2.05, 4.69) is 4.98 Å². The van der Waals surface area contributed by atoms with Crippen molar-refractivity contribution in [2.24, 2.45) is 0 Å². The van der Waals surface area contributed by atoms with Crippen molar-refractivity contribution >= 4 is 28.6 Å². The first-order chi connectivity index (χ1) is 15.5. The summed E-state index contributed by atoms with van der Waals surface area (Å²) in [6.45, 7) is 1.05. The molecule has 0 spiro atoms. The standard InChI is InChI=1S/C23H23FN2O5S/c1-29-20-8-6-16(24)10-15(20)13-32-23-25-19-11-14(22(28)30-2)5-7-18(19)21(27)26(23)12-17-4-3-9-31-17/h5-8,10-11,17H,3-4,9,12-13H2,1-2H3. The Labute approximate surface area is 188 Å². The first-order valence-electron chi connectivity index (χ1n) is 10.2. The summed E-state index contributed by atoms with van der Waals surface area (Å²) in [5, 5.41) is 0.870.